The fourth-order valence-corrected chi connectivity index (χ4v) is 1.20. The summed E-state index contributed by atoms with van der Waals surface area (Å²) < 4.78 is 0. The van der Waals surface area contributed by atoms with Crippen molar-refractivity contribution in [1.29, 1.82) is 0 Å². The number of phenolic OH excluding ortho intramolecular Hbond substituents is 1. The Hall–Kier alpha value is 0.462. The van der Waals surface area contributed by atoms with Gasteiger partial charge in [0.2, 0.25) is 0 Å². The molecule has 1 radical (unpaired) electrons. The Kier molecular flexibility index (Phi) is 5.45. The molecule has 1 aliphatic carbocycles. The molecule has 1 aromatic carbocycles. The maximum Gasteiger partial charge on any atom is 0.115 e. The van der Waals surface area contributed by atoms with E-state index >= 15 is 0 Å². The number of hydrogen-bond acceptors (Lipinski definition) is 1. The first-order valence-electron chi connectivity index (χ1n) is 3.65. The van der Waals surface area contributed by atoms with Crippen LogP contribution < -0.4 is 0 Å². The van der Waals surface area contributed by atoms with Crippen molar-refractivity contribution < 1.29 is 49.2 Å². The molecule has 0 unspecified atom stereocenters. The van der Waals surface area contributed by atoms with Crippen molar-refractivity contribution in [2.75, 3.05) is 0 Å². The average Bonchev–Trinajstić information content (AvgIpc) is 2.68. The van der Waals surface area contributed by atoms with Crippen molar-refractivity contribution in [3.05, 3.63) is 29.8 Å². The van der Waals surface area contributed by atoms with E-state index in [1.165, 1.54) is 18.4 Å². The molecule has 0 saturated heterocycles. The molecule has 2 rings (SSSR count). The minimum Gasteiger partial charge on any atom is -0.508 e. The zero-order chi connectivity index (χ0) is 6.97. The van der Waals surface area contributed by atoms with Crippen LogP contribution in [-0.4, -0.2) is 5.11 Å². The number of rotatable bonds is 1. The summed E-state index contributed by atoms with van der Waals surface area (Å²) in [6.45, 7) is 0. The molecular weight excluding hydrogens is 363 g/mol. The average molecular weight is 377 g/mol. The van der Waals surface area contributed by atoms with Crippen LogP contribution in [0.3, 0.4) is 0 Å². The van der Waals surface area contributed by atoms with Crippen molar-refractivity contribution in [2.24, 2.45) is 0 Å². The van der Waals surface area contributed by atoms with Gasteiger partial charge >= 0.3 is 0 Å². The molecule has 0 amide bonds. The van der Waals surface area contributed by atoms with E-state index in [2.05, 4.69) is 6.07 Å². The van der Waals surface area contributed by atoms with Gasteiger partial charge in [-0.25, -0.2) is 0 Å². The fraction of sp³-hybridized carbons (Fsp3) is 0.400. The SMILES string of the molecule is C.Oc1cccc(C2CC2)c1.[Ac]. The maximum atomic E-state index is 9.09. The van der Waals surface area contributed by atoms with Crippen LogP contribution in [0.1, 0.15) is 31.7 Å². The van der Waals surface area contributed by atoms with E-state index < -0.39 is 0 Å². The van der Waals surface area contributed by atoms with Gasteiger partial charge in [-0.2, -0.15) is 0 Å². The summed E-state index contributed by atoms with van der Waals surface area (Å²) in [6.07, 6.45) is 2.59. The molecule has 0 heterocycles. The van der Waals surface area contributed by atoms with Gasteiger partial charge in [0, 0.05) is 44.1 Å². The third-order valence-corrected chi connectivity index (χ3v) is 1.92. The number of benzene rings is 1. The second kappa shape index (κ2) is 5.25. The minimum atomic E-state index is 0. The molecule has 0 atom stereocenters. The van der Waals surface area contributed by atoms with Gasteiger partial charge in [0.1, 0.15) is 5.75 Å². The van der Waals surface area contributed by atoms with Crippen LogP contribution in [0.2, 0.25) is 0 Å². The van der Waals surface area contributed by atoms with Gasteiger partial charge in [-0.3, -0.25) is 0 Å². The molecule has 12 heavy (non-hydrogen) atoms. The molecule has 0 spiro atoms. The summed E-state index contributed by atoms with van der Waals surface area (Å²) in [7, 11) is 0. The van der Waals surface area contributed by atoms with Crippen LogP contribution in [0.4, 0.5) is 0 Å². The van der Waals surface area contributed by atoms with E-state index in [1.807, 2.05) is 12.1 Å². The summed E-state index contributed by atoms with van der Waals surface area (Å²) >= 11 is 0. The Morgan fingerprint density at radius 3 is 2.42 bits per heavy atom. The van der Waals surface area contributed by atoms with E-state index in [0.29, 0.717) is 5.75 Å². The van der Waals surface area contributed by atoms with E-state index in [4.69, 9.17) is 5.11 Å². The zero-order valence-corrected chi connectivity index (χ0v) is 11.1. The number of aromatic hydroxyl groups is 1. The Balaban J connectivity index is 0.000000605. The Morgan fingerprint density at radius 2 is 1.92 bits per heavy atom. The Morgan fingerprint density at radius 1 is 1.25 bits per heavy atom. The number of phenols is 1. The number of hydrogen-bond donors (Lipinski definition) is 1. The van der Waals surface area contributed by atoms with Crippen molar-refractivity contribution in [2.45, 2.75) is 26.2 Å². The van der Waals surface area contributed by atoms with Gasteiger partial charge in [0.25, 0.3) is 0 Å². The van der Waals surface area contributed by atoms with Crippen molar-refractivity contribution in [3.63, 3.8) is 0 Å². The standard InChI is InChI=1S/C9H10O.CH4.Ac/c10-9-3-1-2-8(6-9)7-4-5-7;;/h1-3,6-7,10H,4-5H2;1H4;. The van der Waals surface area contributed by atoms with Crippen LogP contribution in [-0.2, 0) is 0 Å². The van der Waals surface area contributed by atoms with Crippen molar-refractivity contribution >= 4 is 0 Å². The molecule has 1 N–H and O–H groups in total. The summed E-state index contributed by atoms with van der Waals surface area (Å²) in [4.78, 5) is 0. The summed E-state index contributed by atoms with van der Waals surface area (Å²) in [5.41, 5.74) is 1.29. The second-order valence-electron chi connectivity index (χ2n) is 2.87. The van der Waals surface area contributed by atoms with Crippen LogP contribution in [0.25, 0.3) is 0 Å². The van der Waals surface area contributed by atoms with E-state index in [0.717, 1.165) is 5.92 Å². The molecule has 0 aromatic heterocycles. The molecule has 1 saturated carbocycles. The topological polar surface area (TPSA) is 20.2 Å². The Bertz CT molecular complexity index is 243. The normalized spacial score (nSPS) is 14.3. The quantitative estimate of drug-likeness (QED) is 0.798. The van der Waals surface area contributed by atoms with Crippen LogP contribution in [0.15, 0.2) is 24.3 Å². The first-order valence-corrected chi connectivity index (χ1v) is 3.65. The smallest absolute Gasteiger partial charge is 0.115 e. The summed E-state index contributed by atoms with van der Waals surface area (Å²) in [5, 5.41) is 9.09. The van der Waals surface area contributed by atoms with Gasteiger partial charge in [-0.1, -0.05) is 19.6 Å². The molecule has 63 valence electrons. The first kappa shape index (κ1) is 12.5. The monoisotopic (exact) mass is 377 g/mol. The molecule has 0 bridgehead atoms. The van der Waals surface area contributed by atoms with E-state index in [9.17, 15) is 0 Å². The van der Waals surface area contributed by atoms with Crippen LogP contribution in [0, 0.1) is 44.1 Å². The van der Waals surface area contributed by atoms with Gasteiger partial charge in [0.05, 0.1) is 0 Å². The predicted octanol–water partition coefficient (Wildman–Crippen LogP) is 2.91. The van der Waals surface area contributed by atoms with E-state index in [-0.39, 0.29) is 51.5 Å². The second-order valence-corrected chi connectivity index (χ2v) is 2.87. The van der Waals surface area contributed by atoms with Gasteiger partial charge in [0.15, 0.2) is 0 Å². The zero-order valence-electron chi connectivity index (χ0n) is 6.33. The molecule has 1 aromatic rings. The van der Waals surface area contributed by atoms with Crippen LogP contribution >= 0.6 is 0 Å². The van der Waals surface area contributed by atoms with Crippen molar-refractivity contribution in [3.8, 4) is 5.75 Å². The molecule has 2 heteroatoms. The predicted molar refractivity (Wildman–Crippen MR) is 46.8 cm³/mol. The van der Waals surface area contributed by atoms with Gasteiger partial charge in [-0.15, -0.1) is 0 Å². The fourth-order valence-electron chi connectivity index (χ4n) is 1.20. The minimum absolute atomic E-state index is 0. The molecule has 1 fully saturated rings. The Labute approximate surface area is 110 Å². The molecule has 0 aliphatic heterocycles. The third kappa shape index (κ3) is 3.07. The summed E-state index contributed by atoms with van der Waals surface area (Å²) in [5.74, 6) is 1.14. The molecule has 1 nitrogen and oxygen atoms in total. The maximum absolute atomic E-state index is 9.09. The third-order valence-electron chi connectivity index (χ3n) is 1.92. The van der Waals surface area contributed by atoms with Crippen LogP contribution in [0.5, 0.6) is 5.75 Å². The first-order chi connectivity index (χ1) is 4.86. The summed E-state index contributed by atoms with van der Waals surface area (Å²) in [6, 6.07) is 7.56. The molecular formula is C10H14AcO. The van der Waals surface area contributed by atoms with Gasteiger partial charge < -0.3 is 5.11 Å². The van der Waals surface area contributed by atoms with Gasteiger partial charge in [-0.05, 0) is 36.5 Å². The van der Waals surface area contributed by atoms with E-state index in [1.54, 1.807) is 6.07 Å². The molecule has 1 aliphatic rings. The van der Waals surface area contributed by atoms with Crippen molar-refractivity contribution in [1.82, 2.24) is 0 Å². The largest absolute Gasteiger partial charge is 0.508 e.